The Balaban J connectivity index is 1.31. The molecule has 3 N–H and O–H groups in total. The van der Waals surface area contributed by atoms with Crippen molar-refractivity contribution in [3.05, 3.63) is 0 Å². The van der Waals surface area contributed by atoms with Crippen molar-refractivity contribution in [1.29, 1.82) is 0 Å². The van der Waals surface area contributed by atoms with Crippen LogP contribution >= 0.6 is 0 Å². The number of hydrogen-bond acceptors (Lipinski definition) is 1. The molecule has 1 amide bonds. The van der Waals surface area contributed by atoms with Crippen molar-refractivity contribution in [2.45, 2.75) is 51.0 Å². The smallest absolute Gasteiger partial charge is 0.275 e. The second-order valence-corrected chi connectivity index (χ2v) is 8.78. The lowest BCUT2D eigenvalue weighted by molar-refractivity contribution is -1.01. The van der Waals surface area contributed by atoms with Gasteiger partial charge in [0.2, 0.25) is 0 Å². The summed E-state index contributed by atoms with van der Waals surface area (Å²) in [6.45, 7) is 8.99. The van der Waals surface area contributed by atoms with Gasteiger partial charge in [0.05, 0.1) is 6.54 Å². The van der Waals surface area contributed by atoms with Crippen molar-refractivity contribution in [3.63, 3.8) is 0 Å². The minimum Gasteiger partial charge on any atom is -0.346 e. The van der Waals surface area contributed by atoms with Gasteiger partial charge in [-0.25, -0.2) is 0 Å². The molecule has 0 aromatic carbocycles. The fourth-order valence-electron chi connectivity index (χ4n) is 6.32. The molecule has 1 aliphatic heterocycles. The highest BCUT2D eigenvalue weighted by Crippen LogP contribution is 2.55. The molecule has 0 aromatic rings. The second kappa shape index (κ2) is 5.79. The molecular weight excluding hydrogens is 274 g/mol. The van der Waals surface area contributed by atoms with E-state index < -0.39 is 0 Å². The number of quaternary nitrogens is 2. The molecule has 4 nitrogen and oxygen atoms in total. The Hall–Kier alpha value is -0.610. The number of rotatable bonds is 4. The van der Waals surface area contributed by atoms with Gasteiger partial charge in [0.1, 0.15) is 26.2 Å². The summed E-state index contributed by atoms with van der Waals surface area (Å²) in [6, 6.07) is 0. The van der Waals surface area contributed by atoms with Crippen LogP contribution in [0.4, 0.5) is 0 Å². The van der Waals surface area contributed by atoms with E-state index in [9.17, 15) is 4.79 Å². The van der Waals surface area contributed by atoms with E-state index in [1.165, 1.54) is 63.1 Å². The first-order chi connectivity index (χ1) is 10.6. The van der Waals surface area contributed by atoms with Crippen LogP contribution in [0.1, 0.15) is 45.4 Å². The molecule has 124 valence electrons. The third kappa shape index (κ3) is 2.92. The predicted octanol–water partition coefficient (Wildman–Crippen LogP) is -1.13. The highest BCUT2D eigenvalue weighted by molar-refractivity contribution is 5.77. The first-order valence-electron chi connectivity index (χ1n) is 9.62. The fourth-order valence-corrected chi connectivity index (χ4v) is 6.32. The Kier molecular flexibility index (Phi) is 3.93. The van der Waals surface area contributed by atoms with Gasteiger partial charge in [-0.15, -0.1) is 0 Å². The van der Waals surface area contributed by atoms with Crippen LogP contribution in [0, 0.1) is 17.8 Å². The van der Waals surface area contributed by atoms with Gasteiger partial charge < -0.3 is 15.1 Å². The van der Waals surface area contributed by atoms with Crippen molar-refractivity contribution in [2.75, 3.05) is 39.3 Å². The molecule has 4 bridgehead atoms. The maximum absolute atomic E-state index is 12.6. The minimum absolute atomic E-state index is 0.196. The summed E-state index contributed by atoms with van der Waals surface area (Å²) >= 11 is 0. The van der Waals surface area contributed by atoms with E-state index in [2.05, 4.69) is 12.2 Å². The highest BCUT2D eigenvalue weighted by Gasteiger charge is 2.51. The van der Waals surface area contributed by atoms with Crippen LogP contribution in [0.25, 0.3) is 0 Å². The van der Waals surface area contributed by atoms with E-state index in [0.29, 0.717) is 12.5 Å². The summed E-state index contributed by atoms with van der Waals surface area (Å²) in [7, 11) is 0. The normalized spacial score (nSPS) is 46.7. The van der Waals surface area contributed by atoms with Crippen molar-refractivity contribution in [1.82, 2.24) is 5.32 Å². The molecule has 22 heavy (non-hydrogen) atoms. The van der Waals surface area contributed by atoms with Crippen LogP contribution in [-0.4, -0.2) is 50.7 Å². The van der Waals surface area contributed by atoms with E-state index in [-0.39, 0.29) is 5.54 Å². The number of piperazine rings is 1. The number of amides is 1. The molecule has 4 saturated carbocycles. The first kappa shape index (κ1) is 14.9. The molecular formula is C18H33N3O+2. The number of carbonyl (C=O) groups excluding carboxylic acids is 1. The molecule has 4 heteroatoms. The first-order valence-corrected chi connectivity index (χ1v) is 9.62. The van der Waals surface area contributed by atoms with E-state index in [1.54, 1.807) is 4.90 Å². The highest BCUT2D eigenvalue weighted by atomic mass is 16.2. The minimum atomic E-state index is 0.196. The molecule has 5 rings (SSSR count). The number of nitrogens with one attached hydrogen (secondary N) is 3. The van der Waals surface area contributed by atoms with Gasteiger partial charge >= 0.3 is 0 Å². The van der Waals surface area contributed by atoms with Gasteiger partial charge in [0.15, 0.2) is 6.54 Å². The van der Waals surface area contributed by atoms with Crippen molar-refractivity contribution >= 4 is 5.91 Å². The number of likely N-dealkylation sites (N-methyl/N-ethyl adjacent to an activating group) is 1. The van der Waals surface area contributed by atoms with Crippen molar-refractivity contribution < 1.29 is 14.6 Å². The average molecular weight is 307 g/mol. The summed E-state index contributed by atoms with van der Waals surface area (Å²) in [6.07, 6.45) is 8.15. The summed E-state index contributed by atoms with van der Waals surface area (Å²) in [5.41, 5.74) is 0.196. The lowest BCUT2D eigenvalue weighted by Gasteiger charge is -2.56. The third-order valence-electron chi connectivity index (χ3n) is 7.02. The molecule has 0 radical (unpaired) electrons. The van der Waals surface area contributed by atoms with Crippen LogP contribution in [0.15, 0.2) is 0 Å². The van der Waals surface area contributed by atoms with Gasteiger partial charge in [-0.05, 0) is 63.2 Å². The second-order valence-electron chi connectivity index (χ2n) is 8.78. The standard InChI is InChI=1S/C18H31N3O/c1-2-20-3-5-21(6-4-20)13-17(22)19-18-10-14-7-15(11-18)9-16(8-14)12-18/h14-16H,2-13H2,1H3,(H,19,22)/p+2. The summed E-state index contributed by atoms with van der Waals surface area (Å²) < 4.78 is 0. The molecule has 1 heterocycles. The topological polar surface area (TPSA) is 38.0 Å². The number of carbonyl (C=O) groups is 1. The largest absolute Gasteiger partial charge is 0.346 e. The van der Waals surface area contributed by atoms with E-state index >= 15 is 0 Å². The van der Waals surface area contributed by atoms with Crippen LogP contribution in [0.5, 0.6) is 0 Å². The lowest BCUT2D eigenvalue weighted by Crippen LogP contribution is -3.28. The molecule has 5 aliphatic rings. The van der Waals surface area contributed by atoms with Gasteiger partial charge in [0, 0.05) is 5.54 Å². The SMILES string of the molecule is CC[NH+]1CC[NH+](CC(=O)NC23CC4CC(CC(C4)C2)C3)CC1. The van der Waals surface area contributed by atoms with E-state index in [4.69, 9.17) is 0 Å². The van der Waals surface area contributed by atoms with Gasteiger partial charge in [-0.2, -0.15) is 0 Å². The van der Waals surface area contributed by atoms with Crippen LogP contribution in [0.3, 0.4) is 0 Å². The van der Waals surface area contributed by atoms with E-state index in [0.717, 1.165) is 30.8 Å². The maximum Gasteiger partial charge on any atom is 0.275 e. The predicted molar refractivity (Wildman–Crippen MR) is 85.8 cm³/mol. The Morgan fingerprint density at radius 2 is 1.45 bits per heavy atom. The van der Waals surface area contributed by atoms with E-state index in [1.807, 2.05) is 0 Å². The van der Waals surface area contributed by atoms with Crippen LogP contribution in [-0.2, 0) is 4.79 Å². The van der Waals surface area contributed by atoms with Gasteiger partial charge in [-0.3, -0.25) is 4.79 Å². The van der Waals surface area contributed by atoms with Gasteiger partial charge in [0.25, 0.3) is 5.91 Å². The Bertz CT molecular complexity index is 393. The zero-order chi connectivity index (χ0) is 15.2. The Morgan fingerprint density at radius 1 is 0.955 bits per heavy atom. The Morgan fingerprint density at radius 3 is 1.95 bits per heavy atom. The molecule has 0 atom stereocenters. The van der Waals surface area contributed by atoms with Gasteiger partial charge in [-0.1, -0.05) is 0 Å². The fraction of sp³-hybridized carbons (Fsp3) is 0.944. The summed E-state index contributed by atoms with van der Waals surface area (Å²) in [5, 5.41) is 3.53. The lowest BCUT2D eigenvalue weighted by atomic mass is 9.53. The van der Waals surface area contributed by atoms with Crippen molar-refractivity contribution in [2.24, 2.45) is 17.8 Å². The number of hydrogen-bond donors (Lipinski definition) is 3. The average Bonchev–Trinajstić information content (AvgIpc) is 2.45. The van der Waals surface area contributed by atoms with Crippen molar-refractivity contribution in [3.8, 4) is 0 Å². The quantitative estimate of drug-likeness (QED) is 0.604. The Labute approximate surface area is 134 Å². The molecule has 4 aliphatic carbocycles. The van der Waals surface area contributed by atoms with Crippen LogP contribution in [0.2, 0.25) is 0 Å². The monoisotopic (exact) mass is 307 g/mol. The molecule has 0 aromatic heterocycles. The van der Waals surface area contributed by atoms with Crippen LogP contribution < -0.4 is 15.1 Å². The molecule has 0 unspecified atom stereocenters. The molecule has 1 saturated heterocycles. The zero-order valence-corrected chi connectivity index (χ0v) is 14.1. The molecule has 0 spiro atoms. The third-order valence-corrected chi connectivity index (χ3v) is 7.02. The zero-order valence-electron chi connectivity index (χ0n) is 14.1. The molecule has 5 fully saturated rings. The summed E-state index contributed by atoms with van der Waals surface area (Å²) in [4.78, 5) is 15.8. The summed E-state index contributed by atoms with van der Waals surface area (Å²) in [5.74, 6) is 3.07. The maximum atomic E-state index is 12.6.